The molecule has 46 heavy (non-hydrogen) atoms. The van der Waals surface area contributed by atoms with Gasteiger partial charge >= 0.3 is 0 Å². The summed E-state index contributed by atoms with van der Waals surface area (Å²) in [5.41, 5.74) is 10.5. The average molecular weight is 589 g/mol. The molecular weight excluding hydrogens is 560 g/mol. The molecule has 2 heterocycles. The molecule has 0 aliphatic heterocycles. The summed E-state index contributed by atoms with van der Waals surface area (Å²) >= 11 is 0. The number of anilines is 3. The Labute approximate surface area is 266 Å². The van der Waals surface area contributed by atoms with Gasteiger partial charge in [0.15, 0.2) is 0 Å². The van der Waals surface area contributed by atoms with Crippen LogP contribution in [0.25, 0.3) is 65.9 Å². The highest BCUT2D eigenvalue weighted by molar-refractivity contribution is 6.12. The van der Waals surface area contributed by atoms with E-state index in [1.165, 1.54) is 21.9 Å². The lowest BCUT2D eigenvalue weighted by Gasteiger charge is -2.27. The fourth-order valence-corrected chi connectivity index (χ4v) is 6.72. The van der Waals surface area contributed by atoms with Crippen molar-refractivity contribution in [2.24, 2.45) is 0 Å². The molecule has 216 valence electrons. The number of rotatable bonds is 5. The number of aromatic nitrogens is 1. The van der Waals surface area contributed by atoms with Gasteiger partial charge in [-0.25, -0.2) is 0 Å². The van der Waals surface area contributed by atoms with Crippen molar-refractivity contribution in [1.29, 1.82) is 0 Å². The number of pyridine rings is 1. The Bertz CT molecular complexity index is 2540. The van der Waals surface area contributed by atoms with E-state index in [0.29, 0.717) is 0 Å². The molecule has 9 aromatic rings. The number of furan rings is 1. The Morgan fingerprint density at radius 2 is 1.11 bits per heavy atom. The van der Waals surface area contributed by atoms with Crippen molar-refractivity contribution in [3.63, 3.8) is 0 Å². The van der Waals surface area contributed by atoms with Gasteiger partial charge in [-0.3, -0.25) is 4.98 Å². The van der Waals surface area contributed by atoms with Gasteiger partial charge in [-0.2, -0.15) is 0 Å². The highest BCUT2D eigenvalue weighted by atomic mass is 16.3. The first-order valence-corrected chi connectivity index (χ1v) is 15.5. The first kappa shape index (κ1) is 26.2. The van der Waals surface area contributed by atoms with Crippen molar-refractivity contribution in [3.05, 3.63) is 170 Å². The summed E-state index contributed by atoms with van der Waals surface area (Å²) in [6, 6.07) is 57.9. The van der Waals surface area contributed by atoms with Crippen LogP contribution in [-0.4, -0.2) is 4.98 Å². The minimum absolute atomic E-state index is 0.852. The van der Waals surface area contributed by atoms with Crippen molar-refractivity contribution >= 4 is 60.7 Å². The van der Waals surface area contributed by atoms with Crippen LogP contribution in [-0.2, 0) is 0 Å². The van der Waals surface area contributed by atoms with E-state index in [4.69, 9.17) is 9.40 Å². The second-order valence-electron chi connectivity index (χ2n) is 11.6. The van der Waals surface area contributed by atoms with E-state index < -0.39 is 0 Å². The molecule has 0 amide bonds. The molecule has 0 atom stereocenters. The third-order valence-corrected chi connectivity index (χ3v) is 8.87. The van der Waals surface area contributed by atoms with Gasteiger partial charge in [0.2, 0.25) is 0 Å². The number of fused-ring (bicyclic) bond motifs is 5. The van der Waals surface area contributed by atoms with Crippen LogP contribution in [0.5, 0.6) is 0 Å². The van der Waals surface area contributed by atoms with Gasteiger partial charge in [0.1, 0.15) is 11.2 Å². The van der Waals surface area contributed by atoms with Gasteiger partial charge in [0.25, 0.3) is 0 Å². The molecule has 2 aromatic heterocycles. The highest BCUT2D eigenvalue weighted by Gasteiger charge is 2.19. The molecule has 3 nitrogen and oxygen atoms in total. The molecule has 7 aromatic carbocycles. The first-order valence-electron chi connectivity index (χ1n) is 15.5. The zero-order valence-corrected chi connectivity index (χ0v) is 25.0. The van der Waals surface area contributed by atoms with Gasteiger partial charge in [-0.05, 0) is 81.6 Å². The molecule has 0 spiro atoms. The lowest BCUT2D eigenvalue weighted by molar-refractivity contribution is 0.669. The summed E-state index contributed by atoms with van der Waals surface area (Å²) in [7, 11) is 0. The topological polar surface area (TPSA) is 29.3 Å². The molecule has 0 saturated heterocycles. The van der Waals surface area contributed by atoms with Crippen LogP contribution in [0.3, 0.4) is 0 Å². The summed E-state index contributed by atoms with van der Waals surface area (Å²) < 4.78 is 6.36. The lowest BCUT2D eigenvalue weighted by Crippen LogP contribution is -2.11. The van der Waals surface area contributed by atoms with E-state index in [2.05, 4.69) is 157 Å². The molecule has 0 radical (unpaired) electrons. The quantitative estimate of drug-likeness (QED) is 0.200. The average Bonchev–Trinajstić information content (AvgIpc) is 3.49. The third kappa shape index (κ3) is 4.41. The number of nitrogens with zero attached hydrogens (tertiary/aromatic N) is 2. The number of hydrogen-bond donors (Lipinski definition) is 0. The molecular formula is C43H28N2O. The fraction of sp³-hybridized carbons (Fsp3) is 0. The summed E-state index contributed by atoms with van der Waals surface area (Å²) in [5, 5.41) is 5.66. The standard InChI is InChI=1S/C43H28N2O/c1-2-11-29(12-3-1)31-15-8-17-33(25-31)45(34-18-9-16-32(26-34)36-21-10-14-30-13-4-5-19-35(30)36)41-23-24-44-40-27-38-37-20-6-7-22-42(37)46-43(38)28-39(40)41/h1-28H. The predicted octanol–water partition coefficient (Wildman–Crippen LogP) is 12.1. The van der Waals surface area contributed by atoms with E-state index >= 15 is 0 Å². The van der Waals surface area contributed by atoms with Gasteiger partial charge < -0.3 is 9.32 Å². The lowest BCUT2D eigenvalue weighted by atomic mass is 9.97. The third-order valence-electron chi connectivity index (χ3n) is 8.87. The zero-order chi connectivity index (χ0) is 30.5. The summed E-state index contributed by atoms with van der Waals surface area (Å²) in [6.07, 6.45) is 1.91. The summed E-state index contributed by atoms with van der Waals surface area (Å²) in [5.74, 6) is 0. The largest absolute Gasteiger partial charge is 0.456 e. The summed E-state index contributed by atoms with van der Waals surface area (Å²) in [4.78, 5) is 7.19. The molecule has 9 rings (SSSR count). The molecule has 3 heteroatoms. The predicted molar refractivity (Wildman–Crippen MR) is 192 cm³/mol. The van der Waals surface area contributed by atoms with Gasteiger partial charge in [0, 0.05) is 33.7 Å². The van der Waals surface area contributed by atoms with E-state index in [-0.39, 0.29) is 0 Å². The van der Waals surface area contributed by atoms with Gasteiger partial charge in [0.05, 0.1) is 11.2 Å². The molecule has 0 N–H and O–H groups in total. The Kier molecular flexibility index (Phi) is 6.14. The number of benzene rings is 7. The van der Waals surface area contributed by atoms with Gasteiger partial charge in [-0.15, -0.1) is 0 Å². The van der Waals surface area contributed by atoms with Crippen molar-refractivity contribution < 1.29 is 4.42 Å². The second-order valence-corrected chi connectivity index (χ2v) is 11.6. The van der Waals surface area contributed by atoms with Crippen LogP contribution in [0.4, 0.5) is 17.1 Å². The normalized spacial score (nSPS) is 11.5. The van der Waals surface area contributed by atoms with E-state index in [1.54, 1.807) is 0 Å². The monoisotopic (exact) mass is 588 g/mol. The smallest absolute Gasteiger partial charge is 0.136 e. The van der Waals surface area contributed by atoms with Crippen molar-refractivity contribution in [2.75, 3.05) is 4.90 Å². The van der Waals surface area contributed by atoms with E-state index in [9.17, 15) is 0 Å². The molecule has 0 bridgehead atoms. The number of hydrogen-bond acceptors (Lipinski definition) is 3. The zero-order valence-electron chi connectivity index (χ0n) is 25.0. The van der Waals surface area contributed by atoms with Crippen LogP contribution in [0.1, 0.15) is 0 Å². The second kappa shape index (κ2) is 10.8. The first-order chi connectivity index (χ1) is 22.8. The summed E-state index contributed by atoms with van der Waals surface area (Å²) in [6.45, 7) is 0. The Hall–Kier alpha value is -6.19. The van der Waals surface area contributed by atoms with Crippen molar-refractivity contribution in [2.45, 2.75) is 0 Å². The molecule has 0 saturated carbocycles. The fourth-order valence-electron chi connectivity index (χ4n) is 6.72. The Morgan fingerprint density at radius 1 is 0.435 bits per heavy atom. The Balaban J connectivity index is 1.29. The van der Waals surface area contributed by atoms with Crippen LogP contribution >= 0.6 is 0 Å². The highest BCUT2D eigenvalue weighted by Crippen LogP contribution is 2.43. The van der Waals surface area contributed by atoms with Gasteiger partial charge in [-0.1, -0.05) is 115 Å². The van der Waals surface area contributed by atoms with E-state index in [1.807, 2.05) is 18.3 Å². The molecule has 0 unspecified atom stereocenters. The molecule has 0 fully saturated rings. The molecule has 0 aliphatic carbocycles. The minimum atomic E-state index is 0.852. The molecule has 0 aliphatic rings. The maximum absolute atomic E-state index is 6.36. The van der Waals surface area contributed by atoms with Crippen molar-refractivity contribution in [3.8, 4) is 22.3 Å². The van der Waals surface area contributed by atoms with Crippen LogP contribution in [0.2, 0.25) is 0 Å². The minimum Gasteiger partial charge on any atom is -0.456 e. The maximum atomic E-state index is 6.36. The van der Waals surface area contributed by atoms with E-state index in [0.717, 1.165) is 61.0 Å². The van der Waals surface area contributed by atoms with Crippen LogP contribution in [0, 0.1) is 0 Å². The van der Waals surface area contributed by atoms with Crippen molar-refractivity contribution in [1.82, 2.24) is 4.98 Å². The Morgan fingerprint density at radius 3 is 1.98 bits per heavy atom. The SMILES string of the molecule is c1ccc(-c2cccc(N(c3cccc(-c4cccc5ccccc45)c3)c3ccnc4cc5c(cc34)oc3ccccc35)c2)cc1. The van der Waals surface area contributed by atoms with Crippen LogP contribution in [0.15, 0.2) is 174 Å². The maximum Gasteiger partial charge on any atom is 0.136 e. The van der Waals surface area contributed by atoms with Crippen LogP contribution < -0.4 is 4.90 Å². The number of para-hydroxylation sites is 1.